The number of Topliss-reactive ketones (excluding diaryl/α,β-unsaturated/α-hetero) is 2. The van der Waals surface area contributed by atoms with Gasteiger partial charge in [-0.3, -0.25) is 24.3 Å². The van der Waals surface area contributed by atoms with Crippen LogP contribution in [0.5, 0.6) is 0 Å². The Hall–Kier alpha value is -3.65. The maximum absolute atomic E-state index is 13.3. The predicted octanol–water partition coefficient (Wildman–Crippen LogP) is 4.97. The number of nitrogens with zero attached hydrogens (tertiary/aromatic N) is 3. The Morgan fingerprint density at radius 3 is 2.21 bits per heavy atom. The van der Waals surface area contributed by atoms with Crippen LogP contribution in [0.2, 0.25) is 0 Å². The Bertz CT molecular complexity index is 1320. The molecule has 1 fully saturated rings. The molecular weight excluding hydrogens is 450 g/mol. The molecule has 34 heavy (non-hydrogen) atoms. The van der Waals surface area contributed by atoms with Gasteiger partial charge in [-0.25, -0.2) is 4.98 Å². The number of benzene rings is 1. The third-order valence-electron chi connectivity index (χ3n) is 5.80. The summed E-state index contributed by atoms with van der Waals surface area (Å²) in [6.45, 7) is 9.42. The Balaban J connectivity index is 1.94. The van der Waals surface area contributed by atoms with Gasteiger partial charge in [-0.15, -0.1) is 0 Å². The largest absolute Gasteiger partial charge is 0.507 e. The standard InChI is InChI=1S/C26H25N3O4S/c1-14-23(15(2)30)34-25(28-14)29-20(16-6-8-18(9-7-16)26(3,4)5)19(22(32)24(29)33)21(31)17-10-12-27-13-11-17/h6-13,20,31H,1-5H3/b21-19+. The summed E-state index contributed by atoms with van der Waals surface area (Å²) in [5.74, 6) is -2.06. The highest BCUT2D eigenvalue weighted by Gasteiger charge is 2.48. The van der Waals surface area contributed by atoms with Gasteiger partial charge in [0.25, 0.3) is 5.78 Å². The smallest absolute Gasteiger partial charge is 0.301 e. The molecular formula is C26H25N3O4S. The van der Waals surface area contributed by atoms with Gasteiger partial charge < -0.3 is 5.11 Å². The highest BCUT2D eigenvalue weighted by atomic mass is 32.1. The van der Waals surface area contributed by atoms with E-state index in [0.717, 1.165) is 16.9 Å². The van der Waals surface area contributed by atoms with Crippen molar-refractivity contribution in [2.24, 2.45) is 0 Å². The molecule has 174 valence electrons. The molecule has 0 radical (unpaired) electrons. The fraction of sp³-hybridized carbons (Fsp3) is 0.269. The number of rotatable bonds is 4. The fourth-order valence-electron chi connectivity index (χ4n) is 3.99. The van der Waals surface area contributed by atoms with Crippen molar-refractivity contribution in [1.82, 2.24) is 9.97 Å². The van der Waals surface area contributed by atoms with Crippen molar-refractivity contribution >= 4 is 39.7 Å². The zero-order valence-electron chi connectivity index (χ0n) is 19.6. The molecule has 8 heteroatoms. The first-order valence-corrected chi connectivity index (χ1v) is 11.6. The molecule has 1 saturated heterocycles. The SMILES string of the molecule is CC(=O)c1sc(N2C(=O)C(=O)/C(=C(/O)c3ccncc3)C2c2ccc(C(C)(C)C)cc2)nc1C. The van der Waals surface area contributed by atoms with Crippen LogP contribution in [0.15, 0.2) is 54.4 Å². The van der Waals surface area contributed by atoms with Crippen molar-refractivity contribution in [3.05, 3.63) is 81.6 Å². The summed E-state index contributed by atoms with van der Waals surface area (Å²) in [5.41, 5.74) is 2.50. The number of amides is 1. The van der Waals surface area contributed by atoms with Crippen molar-refractivity contribution in [1.29, 1.82) is 0 Å². The number of hydrogen-bond donors (Lipinski definition) is 1. The number of pyridine rings is 1. The van der Waals surface area contributed by atoms with Crippen molar-refractivity contribution in [2.75, 3.05) is 4.90 Å². The van der Waals surface area contributed by atoms with Gasteiger partial charge >= 0.3 is 5.91 Å². The number of aromatic nitrogens is 2. The maximum atomic E-state index is 13.3. The number of thiazole rings is 1. The van der Waals surface area contributed by atoms with Crippen LogP contribution >= 0.6 is 11.3 Å². The Labute approximate surface area is 201 Å². The monoisotopic (exact) mass is 475 g/mol. The Morgan fingerprint density at radius 1 is 1.06 bits per heavy atom. The van der Waals surface area contributed by atoms with Crippen LogP contribution in [0, 0.1) is 6.92 Å². The summed E-state index contributed by atoms with van der Waals surface area (Å²) < 4.78 is 0. The second-order valence-corrected chi connectivity index (χ2v) is 10.2. The topological polar surface area (TPSA) is 100 Å². The van der Waals surface area contributed by atoms with Gasteiger partial charge in [-0.2, -0.15) is 0 Å². The van der Waals surface area contributed by atoms with Crippen LogP contribution < -0.4 is 4.90 Å². The minimum Gasteiger partial charge on any atom is -0.507 e. The van der Waals surface area contributed by atoms with Crippen LogP contribution in [0.4, 0.5) is 5.13 Å². The molecule has 0 bridgehead atoms. The molecule has 1 aromatic carbocycles. The van der Waals surface area contributed by atoms with Crippen molar-refractivity contribution in [3.63, 3.8) is 0 Å². The number of aryl methyl sites for hydroxylation is 1. The van der Waals surface area contributed by atoms with E-state index in [0.29, 0.717) is 21.7 Å². The van der Waals surface area contributed by atoms with E-state index in [4.69, 9.17) is 0 Å². The third kappa shape index (κ3) is 4.05. The molecule has 1 aliphatic heterocycles. The molecule has 1 unspecified atom stereocenters. The van der Waals surface area contributed by atoms with E-state index in [2.05, 4.69) is 30.7 Å². The highest BCUT2D eigenvalue weighted by molar-refractivity contribution is 7.18. The highest BCUT2D eigenvalue weighted by Crippen LogP contribution is 2.44. The maximum Gasteiger partial charge on any atom is 0.301 e. The lowest BCUT2D eigenvalue weighted by molar-refractivity contribution is -0.132. The number of anilines is 1. The molecule has 1 aliphatic rings. The van der Waals surface area contributed by atoms with E-state index in [1.807, 2.05) is 24.3 Å². The quantitative estimate of drug-likeness (QED) is 0.247. The summed E-state index contributed by atoms with van der Waals surface area (Å²) in [5, 5.41) is 11.4. The van der Waals surface area contributed by atoms with E-state index >= 15 is 0 Å². The van der Waals surface area contributed by atoms with Crippen LogP contribution in [0.3, 0.4) is 0 Å². The van der Waals surface area contributed by atoms with Crippen LogP contribution in [0.1, 0.15) is 65.8 Å². The van der Waals surface area contributed by atoms with Gasteiger partial charge in [0.1, 0.15) is 5.76 Å². The molecule has 1 N–H and O–H groups in total. The van der Waals surface area contributed by atoms with Gasteiger partial charge in [0.2, 0.25) is 0 Å². The van der Waals surface area contributed by atoms with Crippen molar-refractivity contribution < 1.29 is 19.5 Å². The molecule has 7 nitrogen and oxygen atoms in total. The molecule has 1 amide bonds. The van der Waals surface area contributed by atoms with Gasteiger partial charge in [0.05, 0.1) is 22.2 Å². The fourth-order valence-corrected chi connectivity index (χ4v) is 4.98. The lowest BCUT2D eigenvalue weighted by Crippen LogP contribution is -2.29. The van der Waals surface area contributed by atoms with Gasteiger partial charge in [0.15, 0.2) is 10.9 Å². The number of carbonyl (C=O) groups excluding carboxylic acids is 3. The molecule has 1 atom stereocenters. The van der Waals surface area contributed by atoms with Crippen LogP contribution in [-0.4, -0.2) is 32.5 Å². The van der Waals surface area contributed by atoms with E-state index in [1.165, 1.54) is 24.2 Å². The van der Waals surface area contributed by atoms with E-state index in [1.54, 1.807) is 19.1 Å². The minimum absolute atomic E-state index is 0.0306. The summed E-state index contributed by atoms with van der Waals surface area (Å²) in [6.07, 6.45) is 3.00. The second-order valence-electron chi connectivity index (χ2n) is 9.24. The van der Waals surface area contributed by atoms with Gasteiger partial charge in [-0.05, 0) is 35.6 Å². The average Bonchev–Trinajstić information content (AvgIpc) is 3.30. The lowest BCUT2D eigenvalue weighted by atomic mass is 9.85. The summed E-state index contributed by atoms with van der Waals surface area (Å²) >= 11 is 1.06. The number of aliphatic hydroxyl groups excluding tert-OH is 1. The predicted molar refractivity (Wildman–Crippen MR) is 131 cm³/mol. The first kappa shape index (κ1) is 23.5. The molecule has 0 aliphatic carbocycles. The van der Waals surface area contributed by atoms with Crippen molar-refractivity contribution in [3.8, 4) is 0 Å². The lowest BCUT2D eigenvalue weighted by Gasteiger charge is -2.24. The van der Waals surface area contributed by atoms with Crippen molar-refractivity contribution in [2.45, 2.75) is 46.1 Å². The molecule has 3 heterocycles. The van der Waals surface area contributed by atoms with E-state index < -0.39 is 17.7 Å². The first-order valence-electron chi connectivity index (χ1n) is 10.8. The second kappa shape index (κ2) is 8.61. The normalized spacial score (nSPS) is 17.9. The van der Waals surface area contributed by atoms with Gasteiger partial charge in [0, 0.05) is 24.9 Å². The molecule has 3 aromatic rings. The molecule has 0 saturated carbocycles. The van der Waals surface area contributed by atoms with E-state index in [-0.39, 0.29) is 27.7 Å². The average molecular weight is 476 g/mol. The number of carbonyl (C=O) groups is 3. The number of hydrogen-bond acceptors (Lipinski definition) is 7. The molecule has 2 aromatic heterocycles. The summed E-state index contributed by atoms with van der Waals surface area (Å²) in [6, 6.07) is 9.87. The number of aliphatic hydroxyl groups is 1. The van der Waals surface area contributed by atoms with E-state index in [9.17, 15) is 19.5 Å². The Morgan fingerprint density at radius 2 is 1.68 bits per heavy atom. The molecule has 0 spiro atoms. The zero-order chi connectivity index (χ0) is 24.8. The summed E-state index contributed by atoms with van der Waals surface area (Å²) in [4.78, 5) is 48.6. The summed E-state index contributed by atoms with van der Waals surface area (Å²) in [7, 11) is 0. The van der Waals surface area contributed by atoms with Crippen LogP contribution in [-0.2, 0) is 15.0 Å². The third-order valence-corrected chi connectivity index (χ3v) is 7.06. The molecule has 4 rings (SSSR count). The zero-order valence-corrected chi connectivity index (χ0v) is 20.4. The number of ketones is 2. The van der Waals surface area contributed by atoms with Crippen LogP contribution in [0.25, 0.3) is 5.76 Å². The minimum atomic E-state index is -0.896. The first-order chi connectivity index (χ1) is 16.0. The van der Waals surface area contributed by atoms with Gasteiger partial charge in [-0.1, -0.05) is 56.4 Å². The Kier molecular flexibility index (Phi) is 5.95.